The number of rotatable bonds is 4. The van der Waals surface area contributed by atoms with Crippen molar-refractivity contribution in [2.24, 2.45) is 0 Å². The molecule has 100 valence electrons. The van der Waals surface area contributed by atoms with Crippen molar-refractivity contribution in [3.05, 3.63) is 35.4 Å². The van der Waals surface area contributed by atoms with Gasteiger partial charge in [0.05, 0.1) is 5.60 Å². The second-order valence-electron chi connectivity index (χ2n) is 6.20. The first-order valence-electron chi connectivity index (χ1n) is 6.85. The molecule has 2 nitrogen and oxygen atoms in total. The Balaban J connectivity index is 2.20. The molecule has 1 N–H and O–H groups in total. The van der Waals surface area contributed by atoms with Crippen LogP contribution in [-0.2, 0) is 16.7 Å². The van der Waals surface area contributed by atoms with Crippen LogP contribution in [0.2, 0.25) is 0 Å². The quantitative estimate of drug-likeness (QED) is 0.882. The number of hydrogen-bond donors (Lipinski definition) is 1. The molecular formula is C16H25NO. The maximum atomic E-state index is 5.52. The minimum atomic E-state index is -0.0946. The summed E-state index contributed by atoms with van der Waals surface area (Å²) in [6.45, 7) is 7.70. The van der Waals surface area contributed by atoms with Gasteiger partial charge in [0.1, 0.15) is 0 Å². The fourth-order valence-corrected chi connectivity index (χ4v) is 2.73. The minimum Gasteiger partial charge on any atom is -0.378 e. The molecule has 1 aromatic carbocycles. The zero-order valence-corrected chi connectivity index (χ0v) is 12.0. The van der Waals surface area contributed by atoms with Crippen LogP contribution in [0.1, 0.15) is 44.7 Å². The number of benzene rings is 1. The molecule has 0 spiro atoms. The summed E-state index contributed by atoms with van der Waals surface area (Å²) in [5.41, 5.74) is 2.83. The lowest BCUT2D eigenvalue weighted by molar-refractivity contribution is 0.0232. The highest BCUT2D eigenvalue weighted by atomic mass is 16.5. The van der Waals surface area contributed by atoms with Crippen molar-refractivity contribution in [1.82, 2.24) is 5.32 Å². The van der Waals surface area contributed by atoms with Gasteiger partial charge in [0.15, 0.2) is 0 Å². The van der Waals surface area contributed by atoms with Gasteiger partial charge in [-0.2, -0.15) is 0 Å². The molecule has 2 heteroatoms. The van der Waals surface area contributed by atoms with Crippen LogP contribution >= 0.6 is 0 Å². The molecule has 18 heavy (non-hydrogen) atoms. The molecule has 1 aliphatic rings. The third kappa shape index (κ3) is 2.93. The van der Waals surface area contributed by atoms with Gasteiger partial charge in [0, 0.05) is 19.1 Å². The first kappa shape index (κ1) is 13.6. The highest BCUT2D eigenvalue weighted by Crippen LogP contribution is 2.31. The second kappa shape index (κ2) is 5.02. The van der Waals surface area contributed by atoms with Gasteiger partial charge in [-0.1, -0.05) is 24.3 Å². The minimum absolute atomic E-state index is 0.0946. The largest absolute Gasteiger partial charge is 0.378 e. The lowest BCUT2D eigenvalue weighted by atomic mass is 9.87. The Morgan fingerprint density at radius 3 is 2.78 bits per heavy atom. The van der Waals surface area contributed by atoms with Crippen LogP contribution in [0.25, 0.3) is 0 Å². The van der Waals surface area contributed by atoms with Gasteiger partial charge in [-0.25, -0.2) is 0 Å². The molecule has 0 aromatic heterocycles. The highest BCUT2D eigenvalue weighted by molar-refractivity contribution is 5.30. The number of methoxy groups -OCH3 is 1. The molecule has 0 bridgehead atoms. The first-order chi connectivity index (χ1) is 8.45. The summed E-state index contributed by atoms with van der Waals surface area (Å²) in [6.07, 6.45) is 3.45. The summed E-state index contributed by atoms with van der Waals surface area (Å²) in [5.74, 6) is 0. The number of hydrogen-bond acceptors (Lipinski definition) is 2. The monoisotopic (exact) mass is 247 g/mol. The van der Waals surface area contributed by atoms with Crippen molar-refractivity contribution < 1.29 is 4.74 Å². The molecule has 1 heterocycles. The maximum Gasteiger partial charge on any atom is 0.0662 e. The molecule has 1 fully saturated rings. The molecule has 1 unspecified atom stereocenters. The SMILES string of the molecule is COC(C)(C)Cc1cccc(C2(C)CCCN2)c1. The van der Waals surface area contributed by atoms with Crippen LogP contribution in [0.15, 0.2) is 24.3 Å². The van der Waals surface area contributed by atoms with Crippen molar-refractivity contribution in [2.75, 3.05) is 13.7 Å². The van der Waals surface area contributed by atoms with Crippen LogP contribution in [-0.4, -0.2) is 19.3 Å². The Hall–Kier alpha value is -0.860. The third-order valence-corrected chi connectivity index (χ3v) is 4.12. The second-order valence-corrected chi connectivity index (χ2v) is 6.20. The molecular weight excluding hydrogens is 222 g/mol. The zero-order valence-electron chi connectivity index (χ0n) is 12.0. The van der Waals surface area contributed by atoms with Gasteiger partial charge in [-0.15, -0.1) is 0 Å². The van der Waals surface area contributed by atoms with E-state index in [1.54, 1.807) is 7.11 Å². The third-order valence-electron chi connectivity index (χ3n) is 4.12. The van der Waals surface area contributed by atoms with Gasteiger partial charge in [0.2, 0.25) is 0 Å². The zero-order chi connectivity index (χ0) is 13.2. The van der Waals surface area contributed by atoms with Gasteiger partial charge in [0.25, 0.3) is 0 Å². The standard InChI is InChI=1S/C16H25NO/c1-15(2,18-4)12-13-7-5-8-14(11-13)16(3)9-6-10-17-16/h5,7-8,11,17H,6,9-10,12H2,1-4H3. The molecule has 1 aromatic rings. The molecule has 1 aliphatic heterocycles. The molecule has 0 amide bonds. The van der Waals surface area contributed by atoms with Crippen LogP contribution in [0, 0.1) is 0 Å². The molecule has 0 saturated carbocycles. The van der Waals surface area contributed by atoms with E-state index in [0.29, 0.717) is 0 Å². The van der Waals surface area contributed by atoms with E-state index >= 15 is 0 Å². The van der Waals surface area contributed by atoms with E-state index in [1.807, 2.05) is 0 Å². The van der Waals surface area contributed by atoms with Gasteiger partial charge >= 0.3 is 0 Å². The van der Waals surface area contributed by atoms with Crippen LogP contribution in [0.5, 0.6) is 0 Å². The number of nitrogens with one attached hydrogen (secondary N) is 1. The van der Waals surface area contributed by atoms with E-state index in [0.717, 1.165) is 13.0 Å². The van der Waals surface area contributed by atoms with Crippen LogP contribution < -0.4 is 5.32 Å². The summed E-state index contributed by atoms with van der Waals surface area (Å²) in [4.78, 5) is 0. The maximum absolute atomic E-state index is 5.52. The smallest absolute Gasteiger partial charge is 0.0662 e. The molecule has 1 atom stereocenters. The normalized spacial score (nSPS) is 24.4. The van der Waals surface area contributed by atoms with E-state index in [2.05, 4.69) is 50.4 Å². The summed E-state index contributed by atoms with van der Waals surface area (Å²) < 4.78 is 5.52. The molecule has 1 saturated heterocycles. The average molecular weight is 247 g/mol. The predicted molar refractivity (Wildman–Crippen MR) is 75.8 cm³/mol. The lowest BCUT2D eigenvalue weighted by Gasteiger charge is -2.27. The van der Waals surface area contributed by atoms with E-state index in [9.17, 15) is 0 Å². The Kier molecular flexibility index (Phi) is 3.79. The Bertz CT molecular complexity index is 405. The van der Waals surface area contributed by atoms with Crippen molar-refractivity contribution >= 4 is 0 Å². The Morgan fingerprint density at radius 1 is 1.39 bits per heavy atom. The molecule has 0 radical (unpaired) electrons. The average Bonchev–Trinajstić information content (AvgIpc) is 2.77. The fraction of sp³-hybridized carbons (Fsp3) is 0.625. The predicted octanol–water partition coefficient (Wildman–Crippen LogP) is 3.25. The van der Waals surface area contributed by atoms with Crippen molar-refractivity contribution in [3.63, 3.8) is 0 Å². The number of ether oxygens (including phenoxy) is 1. The Morgan fingerprint density at radius 2 is 2.17 bits per heavy atom. The lowest BCUT2D eigenvalue weighted by Crippen LogP contribution is -2.33. The summed E-state index contributed by atoms with van der Waals surface area (Å²) in [7, 11) is 1.78. The molecule has 2 rings (SSSR count). The van der Waals surface area contributed by atoms with E-state index in [4.69, 9.17) is 4.74 Å². The van der Waals surface area contributed by atoms with Crippen molar-refractivity contribution in [3.8, 4) is 0 Å². The van der Waals surface area contributed by atoms with Gasteiger partial charge in [-0.3, -0.25) is 0 Å². The summed E-state index contributed by atoms with van der Waals surface area (Å²) in [5, 5.41) is 3.62. The van der Waals surface area contributed by atoms with Crippen molar-refractivity contribution in [1.29, 1.82) is 0 Å². The van der Waals surface area contributed by atoms with Gasteiger partial charge in [-0.05, 0) is 51.3 Å². The summed E-state index contributed by atoms with van der Waals surface area (Å²) >= 11 is 0. The highest BCUT2D eigenvalue weighted by Gasteiger charge is 2.30. The topological polar surface area (TPSA) is 21.3 Å². The Labute approximate surface area is 111 Å². The van der Waals surface area contributed by atoms with Gasteiger partial charge < -0.3 is 10.1 Å². The molecule has 0 aliphatic carbocycles. The van der Waals surface area contributed by atoms with Crippen molar-refractivity contribution in [2.45, 2.75) is 51.2 Å². The van der Waals surface area contributed by atoms with E-state index < -0.39 is 0 Å². The van der Waals surface area contributed by atoms with E-state index in [1.165, 1.54) is 24.0 Å². The van der Waals surface area contributed by atoms with Crippen LogP contribution in [0.3, 0.4) is 0 Å². The van der Waals surface area contributed by atoms with Crippen LogP contribution in [0.4, 0.5) is 0 Å². The summed E-state index contributed by atoms with van der Waals surface area (Å²) in [6, 6.07) is 8.94. The fourth-order valence-electron chi connectivity index (χ4n) is 2.73. The van der Waals surface area contributed by atoms with E-state index in [-0.39, 0.29) is 11.1 Å². The first-order valence-corrected chi connectivity index (χ1v) is 6.85.